The third kappa shape index (κ3) is 3.15. The van der Waals surface area contributed by atoms with E-state index in [4.69, 9.17) is 4.74 Å². The summed E-state index contributed by atoms with van der Waals surface area (Å²) >= 11 is 0. The minimum atomic E-state index is -5.06. The molecule has 1 aromatic carbocycles. The van der Waals surface area contributed by atoms with Crippen LogP contribution in [0.2, 0.25) is 0 Å². The minimum absolute atomic E-state index is 0.0154. The van der Waals surface area contributed by atoms with Crippen LogP contribution in [0.1, 0.15) is 26.2 Å². The van der Waals surface area contributed by atoms with Crippen molar-refractivity contribution in [3.63, 3.8) is 0 Å². The lowest BCUT2D eigenvalue weighted by molar-refractivity contribution is -0.318. The summed E-state index contributed by atoms with van der Waals surface area (Å²) in [6.45, 7) is 1.04. The molecule has 1 fully saturated rings. The molecule has 1 amide bonds. The first-order valence-corrected chi connectivity index (χ1v) is 8.21. The third-order valence-corrected chi connectivity index (χ3v) is 4.80. The standard InChI is InChI=1S/C17H18F4N2O3/c1-10-2-7-14-13(8-10)16(25,17(19,20)21)23(22-14)15(24)9-26-12-5-3-11(18)4-6-12/h3-6,10,13,25H,2,7-9H2,1H3/t10-,13+,16+/m1/s1. The molecule has 0 spiro atoms. The first kappa shape index (κ1) is 18.6. The Morgan fingerprint density at radius 1 is 1.38 bits per heavy atom. The number of nitrogens with zero attached hydrogens (tertiary/aromatic N) is 2. The molecular formula is C17H18F4N2O3. The van der Waals surface area contributed by atoms with E-state index < -0.39 is 36.2 Å². The van der Waals surface area contributed by atoms with E-state index in [2.05, 4.69) is 5.10 Å². The van der Waals surface area contributed by atoms with Crippen molar-refractivity contribution < 1.29 is 32.2 Å². The third-order valence-electron chi connectivity index (χ3n) is 4.80. The van der Waals surface area contributed by atoms with Crippen LogP contribution in [0.3, 0.4) is 0 Å². The molecule has 1 aliphatic heterocycles. The van der Waals surface area contributed by atoms with E-state index >= 15 is 0 Å². The van der Waals surface area contributed by atoms with Crippen LogP contribution in [0.5, 0.6) is 5.75 Å². The van der Waals surface area contributed by atoms with Crippen LogP contribution >= 0.6 is 0 Å². The van der Waals surface area contributed by atoms with Gasteiger partial charge in [-0.15, -0.1) is 0 Å². The number of carbonyl (C=O) groups is 1. The zero-order valence-electron chi connectivity index (χ0n) is 14.0. The number of halogens is 4. The first-order chi connectivity index (χ1) is 12.1. The molecule has 0 aromatic heterocycles. The molecular weight excluding hydrogens is 356 g/mol. The molecule has 1 aromatic rings. The highest BCUT2D eigenvalue weighted by atomic mass is 19.4. The average molecular weight is 374 g/mol. The quantitative estimate of drug-likeness (QED) is 0.827. The van der Waals surface area contributed by atoms with Crippen molar-refractivity contribution >= 4 is 11.6 Å². The maximum absolute atomic E-state index is 13.7. The molecule has 1 aliphatic carbocycles. The maximum atomic E-state index is 13.7. The summed E-state index contributed by atoms with van der Waals surface area (Å²) in [4.78, 5) is 12.3. The second-order valence-corrected chi connectivity index (χ2v) is 6.70. The van der Waals surface area contributed by atoms with Gasteiger partial charge in [-0.2, -0.15) is 23.3 Å². The van der Waals surface area contributed by atoms with Gasteiger partial charge in [-0.3, -0.25) is 4.79 Å². The topological polar surface area (TPSA) is 62.1 Å². The fraction of sp³-hybridized carbons (Fsp3) is 0.529. The molecule has 0 bridgehead atoms. The summed E-state index contributed by atoms with van der Waals surface area (Å²) in [6, 6.07) is 4.68. The second-order valence-electron chi connectivity index (χ2n) is 6.70. The van der Waals surface area contributed by atoms with Crippen molar-refractivity contribution in [2.75, 3.05) is 6.61 Å². The van der Waals surface area contributed by atoms with Gasteiger partial charge in [0.15, 0.2) is 6.61 Å². The lowest BCUT2D eigenvalue weighted by Gasteiger charge is -2.39. The van der Waals surface area contributed by atoms with E-state index in [1.54, 1.807) is 6.92 Å². The van der Waals surface area contributed by atoms with Gasteiger partial charge in [0.25, 0.3) is 11.6 Å². The lowest BCUT2D eigenvalue weighted by Crippen LogP contribution is -2.62. The molecule has 9 heteroatoms. The number of benzene rings is 1. The first-order valence-electron chi connectivity index (χ1n) is 8.21. The number of fused-ring (bicyclic) bond motifs is 1. The van der Waals surface area contributed by atoms with Crippen LogP contribution in [0.15, 0.2) is 29.4 Å². The molecule has 0 saturated heterocycles. The number of hydrogen-bond donors (Lipinski definition) is 1. The van der Waals surface area contributed by atoms with Gasteiger partial charge >= 0.3 is 6.18 Å². The lowest BCUT2D eigenvalue weighted by atomic mass is 9.76. The van der Waals surface area contributed by atoms with E-state index in [0.717, 1.165) is 12.1 Å². The number of alkyl halides is 3. The summed E-state index contributed by atoms with van der Waals surface area (Å²) in [5, 5.41) is 14.4. The van der Waals surface area contributed by atoms with Crippen LogP contribution in [0.25, 0.3) is 0 Å². The number of ether oxygens (including phenoxy) is 1. The van der Waals surface area contributed by atoms with Gasteiger partial charge in [0.05, 0.1) is 5.92 Å². The molecule has 142 valence electrons. The van der Waals surface area contributed by atoms with Crippen LogP contribution in [-0.4, -0.2) is 40.2 Å². The minimum Gasteiger partial charge on any atom is -0.484 e. The van der Waals surface area contributed by atoms with E-state index in [0.29, 0.717) is 12.8 Å². The van der Waals surface area contributed by atoms with Gasteiger partial charge in [-0.05, 0) is 49.4 Å². The second kappa shape index (κ2) is 6.53. The number of hydrazone groups is 1. The molecule has 5 nitrogen and oxygen atoms in total. The molecule has 3 rings (SSSR count). The predicted octanol–water partition coefficient (Wildman–Crippen LogP) is 3.09. The number of carbonyl (C=O) groups excluding carboxylic acids is 1. The Hall–Kier alpha value is -2.16. The van der Waals surface area contributed by atoms with Crippen molar-refractivity contribution in [2.45, 2.75) is 38.1 Å². The highest BCUT2D eigenvalue weighted by Crippen LogP contribution is 2.49. The summed E-state index contributed by atoms with van der Waals surface area (Å²) in [6.07, 6.45) is -4.02. The molecule has 26 heavy (non-hydrogen) atoms. The van der Waals surface area contributed by atoms with E-state index in [9.17, 15) is 27.5 Å². The van der Waals surface area contributed by atoms with E-state index in [-0.39, 0.29) is 28.8 Å². The zero-order valence-corrected chi connectivity index (χ0v) is 14.0. The Morgan fingerprint density at radius 2 is 2.04 bits per heavy atom. The van der Waals surface area contributed by atoms with Gasteiger partial charge in [-0.1, -0.05) is 6.92 Å². The zero-order chi connectivity index (χ0) is 19.1. The Kier molecular flexibility index (Phi) is 4.68. The summed E-state index contributed by atoms with van der Waals surface area (Å²) in [7, 11) is 0. The fourth-order valence-electron chi connectivity index (χ4n) is 3.39. The number of hydrogen-bond acceptors (Lipinski definition) is 4. The van der Waals surface area contributed by atoms with E-state index in [1.165, 1.54) is 12.1 Å². The Bertz CT molecular complexity index is 720. The van der Waals surface area contributed by atoms with Gasteiger partial charge < -0.3 is 9.84 Å². The Morgan fingerprint density at radius 3 is 2.65 bits per heavy atom. The molecule has 2 aliphatic rings. The predicted molar refractivity (Wildman–Crippen MR) is 83.7 cm³/mol. The summed E-state index contributed by atoms with van der Waals surface area (Å²) < 4.78 is 59.0. The van der Waals surface area contributed by atoms with Crippen LogP contribution < -0.4 is 4.74 Å². The van der Waals surface area contributed by atoms with Crippen molar-refractivity contribution in [3.8, 4) is 5.75 Å². The monoisotopic (exact) mass is 374 g/mol. The molecule has 1 N–H and O–H groups in total. The van der Waals surface area contributed by atoms with Crippen LogP contribution in [-0.2, 0) is 4.79 Å². The van der Waals surface area contributed by atoms with E-state index in [1.807, 2.05) is 0 Å². The SMILES string of the molecule is C[C@@H]1CCC2=NN(C(=O)COc3ccc(F)cc3)[C@@](O)(C(F)(F)F)[C@H]2C1. The number of rotatable bonds is 3. The van der Waals surface area contributed by atoms with Crippen LogP contribution in [0, 0.1) is 17.7 Å². The molecule has 0 radical (unpaired) electrons. The van der Waals surface area contributed by atoms with Gasteiger partial charge in [-0.25, -0.2) is 4.39 Å². The van der Waals surface area contributed by atoms with Crippen LogP contribution in [0.4, 0.5) is 17.6 Å². The average Bonchev–Trinajstić information content (AvgIpc) is 2.88. The molecule has 3 atom stereocenters. The summed E-state index contributed by atoms with van der Waals surface area (Å²) in [5.41, 5.74) is -3.20. The van der Waals surface area contributed by atoms with Gasteiger partial charge in [0, 0.05) is 5.71 Å². The maximum Gasteiger partial charge on any atom is 0.439 e. The smallest absolute Gasteiger partial charge is 0.439 e. The number of amides is 1. The highest BCUT2D eigenvalue weighted by Gasteiger charge is 2.68. The molecule has 0 unspecified atom stereocenters. The van der Waals surface area contributed by atoms with Crippen molar-refractivity contribution in [1.82, 2.24) is 5.01 Å². The Balaban J connectivity index is 1.81. The highest BCUT2D eigenvalue weighted by molar-refractivity contribution is 5.93. The van der Waals surface area contributed by atoms with Crippen molar-refractivity contribution in [1.29, 1.82) is 0 Å². The number of aliphatic hydroxyl groups is 1. The summed E-state index contributed by atoms with van der Waals surface area (Å²) in [5.74, 6) is -2.81. The van der Waals surface area contributed by atoms with Crippen molar-refractivity contribution in [3.05, 3.63) is 30.1 Å². The Labute approximate surface area is 147 Å². The van der Waals surface area contributed by atoms with Gasteiger partial charge in [0.1, 0.15) is 11.6 Å². The normalized spacial score (nSPS) is 28.5. The molecule has 1 heterocycles. The van der Waals surface area contributed by atoms with Gasteiger partial charge in [0.2, 0.25) is 0 Å². The largest absolute Gasteiger partial charge is 0.484 e. The molecule has 1 saturated carbocycles. The fourth-order valence-corrected chi connectivity index (χ4v) is 3.39. The van der Waals surface area contributed by atoms with Crippen molar-refractivity contribution in [2.24, 2.45) is 16.9 Å².